The molecule has 0 bridgehead atoms. The Balaban J connectivity index is 2.56. The van der Waals surface area contributed by atoms with E-state index < -0.39 is 5.54 Å². The maximum Gasteiger partial charge on any atom is 0.242 e. The van der Waals surface area contributed by atoms with Crippen molar-refractivity contribution in [2.24, 2.45) is 5.73 Å². The van der Waals surface area contributed by atoms with E-state index in [2.05, 4.69) is 5.32 Å². The molecule has 15 heavy (non-hydrogen) atoms. The summed E-state index contributed by atoms with van der Waals surface area (Å²) in [6.45, 7) is 0. The van der Waals surface area contributed by atoms with Gasteiger partial charge >= 0.3 is 0 Å². The molecule has 1 amide bonds. The molecule has 0 saturated carbocycles. The highest BCUT2D eigenvalue weighted by Crippen LogP contribution is 2.37. The van der Waals surface area contributed by atoms with Gasteiger partial charge in [0.15, 0.2) is 0 Å². The number of carbonyl (C=O) groups is 1. The third-order valence-electron chi connectivity index (χ3n) is 3.14. The molecule has 1 aliphatic rings. The minimum Gasteiger partial charge on any atom is -0.368 e. The van der Waals surface area contributed by atoms with Gasteiger partial charge in [0.1, 0.15) is 5.54 Å². The molecule has 0 fully saturated rings. The van der Waals surface area contributed by atoms with Crippen LogP contribution in [-0.2, 0) is 16.8 Å². The molecule has 3 nitrogen and oxygen atoms in total. The molecule has 1 aromatic carbocycles. The van der Waals surface area contributed by atoms with Crippen molar-refractivity contribution in [3.63, 3.8) is 0 Å². The third-order valence-corrected chi connectivity index (χ3v) is 3.38. The summed E-state index contributed by atoms with van der Waals surface area (Å²) in [4.78, 5) is 11.5. The van der Waals surface area contributed by atoms with E-state index in [1.54, 1.807) is 13.1 Å². The van der Waals surface area contributed by atoms with Crippen LogP contribution in [0.25, 0.3) is 0 Å². The predicted octanol–water partition coefficient (Wildman–Crippen LogP) is 1.19. The quantitative estimate of drug-likeness (QED) is 0.793. The number of fused-ring (bicyclic) bond motifs is 1. The fourth-order valence-electron chi connectivity index (χ4n) is 2.28. The molecule has 0 saturated heterocycles. The number of hydrogen-bond donors (Lipinski definition) is 2. The third kappa shape index (κ3) is 1.43. The Morgan fingerprint density at radius 3 is 2.93 bits per heavy atom. The van der Waals surface area contributed by atoms with E-state index in [0.29, 0.717) is 11.4 Å². The van der Waals surface area contributed by atoms with Crippen LogP contribution < -0.4 is 11.1 Å². The Morgan fingerprint density at radius 1 is 1.60 bits per heavy atom. The van der Waals surface area contributed by atoms with Crippen molar-refractivity contribution in [3.8, 4) is 0 Å². The van der Waals surface area contributed by atoms with Crippen molar-refractivity contribution in [1.82, 2.24) is 5.32 Å². The van der Waals surface area contributed by atoms with Gasteiger partial charge in [-0.1, -0.05) is 17.7 Å². The highest BCUT2D eigenvalue weighted by atomic mass is 35.5. The number of likely N-dealkylation sites (N-methyl/N-ethyl adjacent to an activating group) is 1. The lowest BCUT2D eigenvalue weighted by molar-refractivity contribution is -0.124. The van der Waals surface area contributed by atoms with E-state index in [0.717, 1.165) is 17.5 Å². The van der Waals surface area contributed by atoms with Crippen LogP contribution in [0.15, 0.2) is 18.2 Å². The molecule has 0 aliphatic heterocycles. The maximum atomic E-state index is 11.5. The van der Waals surface area contributed by atoms with Crippen LogP contribution in [-0.4, -0.2) is 13.0 Å². The number of hydrogen-bond acceptors (Lipinski definition) is 2. The molecule has 3 N–H and O–H groups in total. The van der Waals surface area contributed by atoms with Gasteiger partial charge in [-0.05, 0) is 43.1 Å². The zero-order valence-corrected chi connectivity index (χ0v) is 9.27. The van der Waals surface area contributed by atoms with Gasteiger partial charge in [-0.25, -0.2) is 0 Å². The standard InChI is InChI=1S/C11H13ClN2O/c1-14-11(10(13)15)5-4-7-6-8(12)2-3-9(7)11/h2-3,6,14H,4-5H2,1H3,(H2,13,15). The molecule has 4 heteroatoms. The second kappa shape index (κ2) is 3.51. The van der Waals surface area contributed by atoms with Gasteiger partial charge in [-0.2, -0.15) is 0 Å². The van der Waals surface area contributed by atoms with Crippen molar-refractivity contribution >= 4 is 17.5 Å². The molecule has 1 aromatic rings. The van der Waals surface area contributed by atoms with Crippen molar-refractivity contribution < 1.29 is 4.79 Å². The smallest absolute Gasteiger partial charge is 0.242 e. The summed E-state index contributed by atoms with van der Waals surface area (Å²) in [5.74, 6) is -0.328. The molecule has 2 rings (SSSR count). The van der Waals surface area contributed by atoms with E-state index >= 15 is 0 Å². The first-order valence-electron chi connectivity index (χ1n) is 4.88. The lowest BCUT2D eigenvalue weighted by Gasteiger charge is -2.26. The van der Waals surface area contributed by atoms with Crippen LogP contribution in [0.3, 0.4) is 0 Å². The number of nitrogens with one attached hydrogen (secondary N) is 1. The summed E-state index contributed by atoms with van der Waals surface area (Å²) in [5.41, 5.74) is 6.82. The molecule has 0 radical (unpaired) electrons. The van der Waals surface area contributed by atoms with E-state index in [1.165, 1.54) is 0 Å². The van der Waals surface area contributed by atoms with Crippen LogP contribution in [0.4, 0.5) is 0 Å². The fraction of sp³-hybridized carbons (Fsp3) is 0.364. The van der Waals surface area contributed by atoms with Gasteiger partial charge in [0.05, 0.1) is 0 Å². The minimum absolute atomic E-state index is 0.328. The van der Waals surface area contributed by atoms with Gasteiger partial charge in [0.25, 0.3) is 0 Å². The lowest BCUT2D eigenvalue weighted by atomic mass is 9.91. The average molecular weight is 225 g/mol. The zero-order valence-electron chi connectivity index (χ0n) is 8.51. The number of primary amides is 1. The molecule has 80 valence electrons. The monoisotopic (exact) mass is 224 g/mol. The number of aryl methyl sites for hydroxylation is 1. The maximum absolute atomic E-state index is 11.5. The van der Waals surface area contributed by atoms with E-state index in [-0.39, 0.29) is 5.91 Å². The predicted molar refractivity (Wildman–Crippen MR) is 59.7 cm³/mol. The highest BCUT2D eigenvalue weighted by Gasteiger charge is 2.42. The highest BCUT2D eigenvalue weighted by molar-refractivity contribution is 6.30. The summed E-state index contributed by atoms with van der Waals surface area (Å²) in [5, 5.41) is 3.73. The summed E-state index contributed by atoms with van der Waals surface area (Å²) in [7, 11) is 1.76. The Kier molecular flexibility index (Phi) is 2.44. The Morgan fingerprint density at radius 2 is 2.33 bits per heavy atom. The van der Waals surface area contributed by atoms with Gasteiger partial charge in [-0.3, -0.25) is 4.79 Å². The van der Waals surface area contributed by atoms with E-state index in [9.17, 15) is 4.79 Å². The molecule has 1 atom stereocenters. The topological polar surface area (TPSA) is 55.1 Å². The van der Waals surface area contributed by atoms with Gasteiger partial charge < -0.3 is 11.1 Å². The van der Waals surface area contributed by atoms with Crippen LogP contribution in [0, 0.1) is 0 Å². The molecule has 1 aliphatic carbocycles. The van der Waals surface area contributed by atoms with Crippen molar-refractivity contribution in [3.05, 3.63) is 34.3 Å². The van der Waals surface area contributed by atoms with Crippen molar-refractivity contribution in [1.29, 1.82) is 0 Å². The van der Waals surface area contributed by atoms with Crippen molar-refractivity contribution in [2.75, 3.05) is 7.05 Å². The molecular weight excluding hydrogens is 212 g/mol. The summed E-state index contributed by atoms with van der Waals surface area (Å²) >= 11 is 5.90. The van der Waals surface area contributed by atoms with Gasteiger partial charge in [-0.15, -0.1) is 0 Å². The van der Waals surface area contributed by atoms with Gasteiger partial charge in [0, 0.05) is 5.02 Å². The fourth-order valence-corrected chi connectivity index (χ4v) is 2.48. The van der Waals surface area contributed by atoms with Crippen LogP contribution >= 0.6 is 11.6 Å². The minimum atomic E-state index is -0.708. The summed E-state index contributed by atoms with van der Waals surface area (Å²) in [6.07, 6.45) is 1.54. The first-order chi connectivity index (χ1) is 7.10. The zero-order chi connectivity index (χ0) is 11.1. The molecule has 1 unspecified atom stereocenters. The normalized spacial score (nSPS) is 23.9. The number of halogens is 1. The number of amides is 1. The Labute approximate surface area is 93.6 Å². The SMILES string of the molecule is CNC1(C(N)=O)CCc2cc(Cl)ccc21. The van der Waals surface area contributed by atoms with E-state index in [1.807, 2.05) is 12.1 Å². The molecule has 0 aromatic heterocycles. The molecule has 0 heterocycles. The summed E-state index contributed by atoms with van der Waals surface area (Å²) in [6, 6.07) is 5.57. The summed E-state index contributed by atoms with van der Waals surface area (Å²) < 4.78 is 0. The first kappa shape index (κ1) is 10.5. The van der Waals surface area contributed by atoms with E-state index in [4.69, 9.17) is 17.3 Å². The second-order valence-electron chi connectivity index (χ2n) is 3.82. The van der Waals surface area contributed by atoms with Crippen LogP contribution in [0.5, 0.6) is 0 Å². The first-order valence-corrected chi connectivity index (χ1v) is 5.25. The Hall–Kier alpha value is -1.06. The van der Waals surface area contributed by atoms with Gasteiger partial charge in [0.2, 0.25) is 5.91 Å². The van der Waals surface area contributed by atoms with Crippen LogP contribution in [0.1, 0.15) is 17.5 Å². The average Bonchev–Trinajstić information content (AvgIpc) is 2.56. The van der Waals surface area contributed by atoms with Crippen molar-refractivity contribution in [2.45, 2.75) is 18.4 Å². The number of benzene rings is 1. The molecular formula is C11H13ClN2O. The number of nitrogens with two attached hydrogens (primary N) is 1. The molecule has 0 spiro atoms. The Bertz CT molecular complexity index is 419. The lowest BCUT2D eigenvalue weighted by Crippen LogP contribution is -2.49. The van der Waals surface area contributed by atoms with Crippen LogP contribution in [0.2, 0.25) is 5.02 Å². The number of rotatable bonds is 2. The second-order valence-corrected chi connectivity index (χ2v) is 4.26. The number of carbonyl (C=O) groups excluding carboxylic acids is 1. The largest absolute Gasteiger partial charge is 0.368 e.